The Balaban J connectivity index is 1.82. The van der Waals surface area contributed by atoms with Crippen LogP contribution in [0, 0.1) is 0 Å². The van der Waals surface area contributed by atoms with E-state index in [2.05, 4.69) is 5.32 Å². The van der Waals surface area contributed by atoms with Crippen LogP contribution in [0.5, 0.6) is 11.5 Å². The molecule has 2 aromatic carbocycles. The Morgan fingerprint density at radius 1 is 1.08 bits per heavy atom. The minimum Gasteiger partial charge on any atom is -0.493 e. The molecule has 5 heteroatoms. The summed E-state index contributed by atoms with van der Waals surface area (Å²) in [6.45, 7) is 2.01. The first-order chi connectivity index (χ1) is 12.2. The topological polar surface area (TPSA) is 60.7 Å². The monoisotopic (exact) mass is 339 g/mol. The van der Waals surface area contributed by atoms with Crippen LogP contribution >= 0.6 is 0 Å². The normalized spacial score (nSPS) is 12.0. The van der Waals surface area contributed by atoms with E-state index in [9.17, 15) is 4.79 Å². The van der Waals surface area contributed by atoms with Crippen LogP contribution < -0.4 is 14.8 Å². The number of methoxy groups -OCH3 is 2. The Morgan fingerprint density at radius 2 is 1.84 bits per heavy atom. The van der Waals surface area contributed by atoms with Crippen LogP contribution in [0.2, 0.25) is 0 Å². The second-order valence-corrected chi connectivity index (χ2v) is 5.70. The smallest absolute Gasteiger partial charge is 0.287 e. The summed E-state index contributed by atoms with van der Waals surface area (Å²) in [6, 6.07) is 14.8. The van der Waals surface area contributed by atoms with Crippen LogP contribution in [-0.4, -0.2) is 20.1 Å². The van der Waals surface area contributed by atoms with Crippen molar-refractivity contribution in [2.45, 2.75) is 19.4 Å². The molecule has 1 amide bonds. The lowest BCUT2D eigenvalue weighted by molar-refractivity contribution is 0.0909. The highest BCUT2D eigenvalue weighted by Gasteiger charge is 2.18. The zero-order valence-corrected chi connectivity index (χ0v) is 14.5. The SMILES string of the molecule is CCC(NC(=O)c1cc2ccccc2o1)c1ccc(OC)c(OC)c1. The third-order valence-electron chi connectivity index (χ3n) is 4.17. The standard InChI is InChI=1S/C20H21NO4/c1-4-15(13-9-10-17(23-2)18(11-13)24-3)21-20(22)19-12-14-7-5-6-8-16(14)25-19/h5-12,15H,4H2,1-3H3,(H,21,22). The van der Waals surface area contributed by atoms with Crippen molar-refractivity contribution in [1.82, 2.24) is 5.32 Å². The first-order valence-corrected chi connectivity index (χ1v) is 8.17. The Hall–Kier alpha value is -2.95. The van der Waals surface area contributed by atoms with Crippen molar-refractivity contribution < 1.29 is 18.7 Å². The number of para-hydroxylation sites is 1. The third-order valence-corrected chi connectivity index (χ3v) is 4.17. The molecule has 0 aliphatic heterocycles. The second-order valence-electron chi connectivity index (χ2n) is 5.70. The van der Waals surface area contributed by atoms with Crippen molar-refractivity contribution in [3.8, 4) is 11.5 Å². The minimum absolute atomic E-state index is 0.152. The fourth-order valence-corrected chi connectivity index (χ4v) is 2.81. The molecule has 1 atom stereocenters. The quantitative estimate of drug-likeness (QED) is 0.726. The highest BCUT2D eigenvalue weighted by molar-refractivity contribution is 5.96. The maximum Gasteiger partial charge on any atom is 0.287 e. The number of carbonyl (C=O) groups excluding carboxylic acids is 1. The van der Waals surface area contributed by atoms with E-state index in [1.165, 1.54) is 0 Å². The van der Waals surface area contributed by atoms with Gasteiger partial charge in [-0.25, -0.2) is 0 Å². The molecule has 1 N–H and O–H groups in total. The van der Waals surface area contributed by atoms with Crippen molar-refractivity contribution >= 4 is 16.9 Å². The molecule has 25 heavy (non-hydrogen) atoms. The molecule has 0 saturated carbocycles. The maximum atomic E-state index is 12.6. The Morgan fingerprint density at radius 3 is 2.52 bits per heavy atom. The molecule has 0 aliphatic carbocycles. The van der Waals surface area contributed by atoms with Gasteiger partial charge in [0, 0.05) is 5.39 Å². The minimum atomic E-state index is -0.238. The average molecular weight is 339 g/mol. The van der Waals surface area contributed by atoms with Crippen LogP contribution in [0.3, 0.4) is 0 Å². The predicted molar refractivity (Wildman–Crippen MR) is 96.3 cm³/mol. The second kappa shape index (κ2) is 7.30. The van der Waals surface area contributed by atoms with E-state index in [1.807, 2.05) is 49.4 Å². The van der Waals surface area contributed by atoms with Gasteiger partial charge in [-0.3, -0.25) is 4.79 Å². The van der Waals surface area contributed by atoms with Gasteiger partial charge in [-0.2, -0.15) is 0 Å². The van der Waals surface area contributed by atoms with Gasteiger partial charge in [0.2, 0.25) is 0 Å². The van der Waals surface area contributed by atoms with Gasteiger partial charge in [-0.15, -0.1) is 0 Å². The van der Waals surface area contributed by atoms with Crippen molar-refractivity contribution in [1.29, 1.82) is 0 Å². The zero-order valence-electron chi connectivity index (χ0n) is 14.5. The molecule has 0 spiro atoms. The van der Waals surface area contributed by atoms with Crippen LogP contribution in [0.25, 0.3) is 11.0 Å². The van der Waals surface area contributed by atoms with Gasteiger partial charge < -0.3 is 19.2 Å². The zero-order chi connectivity index (χ0) is 17.8. The number of hydrogen-bond acceptors (Lipinski definition) is 4. The Labute approximate surface area is 146 Å². The number of carbonyl (C=O) groups is 1. The summed E-state index contributed by atoms with van der Waals surface area (Å²) >= 11 is 0. The van der Waals surface area contributed by atoms with E-state index < -0.39 is 0 Å². The van der Waals surface area contributed by atoms with Gasteiger partial charge in [0.05, 0.1) is 20.3 Å². The van der Waals surface area contributed by atoms with Gasteiger partial charge in [0.15, 0.2) is 17.3 Å². The van der Waals surface area contributed by atoms with Gasteiger partial charge in [0.1, 0.15) is 5.58 Å². The molecular formula is C20H21NO4. The summed E-state index contributed by atoms with van der Waals surface area (Å²) < 4.78 is 16.2. The van der Waals surface area contributed by atoms with Crippen LogP contribution in [0.15, 0.2) is 52.9 Å². The van der Waals surface area contributed by atoms with Crippen LogP contribution in [0.4, 0.5) is 0 Å². The summed E-state index contributed by atoms with van der Waals surface area (Å²) in [5.74, 6) is 1.36. The number of furan rings is 1. The molecule has 3 rings (SSSR count). The fourth-order valence-electron chi connectivity index (χ4n) is 2.81. The molecule has 3 aromatic rings. The molecular weight excluding hydrogens is 318 g/mol. The van der Waals surface area contributed by atoms with Crippen LogP contribution in [-0.2, 0) is 0 Å². The average Bonchev–Trinajstić information content (AvgIpc) is 3.09. The molecule has 130 valence electrons. The number of fused-ring (bicyclic) bond motifs is 1. The summed E-state index contributed by atoms with van der Waals surface area (Å²) in [7, 11) is 3.19. The summed E-state index contributed by atoms with van der Waals surface area (Å²) in [6.07, 6.45) is 0.738. The maximum absolute atomic E-state index is 12.6. The summed E-state index contributed by atoms with van der Waals surface area (Å²) in [5.41, 5.74) is 1.65. The molecule has 1 unspecified atom stereocenters. The lowest BCUT2D eigenvalue weighted by atomic mass is 10.0. The number of amides is 1. The number of rotatable bonds is 6. The van der Waals surface area contributed by atoms with Gasteiger partial charge in [-0.05, 0) is 36.2 Å². The highest BCUT2D eigenvalue weighted by Crippen LogP contribution is 2.31. The first-order valence-electron chi connectivity index (χ1n) is 8.17. The molecule has 5 nitrogen and oxygen atoms in total. The number of ether oxygens (including phenoxy) is 2. The van der Waals surface area contributed by atoms with E-state index in [-0.39, 0.29) is 11.9 Å². The third kappa shape index (κ3) is 3.45. The van der Waals surface area contributed by atoms with Crippen molar-refractivity contribution in [2.75, 3.05) is 14.2 Å². The van der Waals surface area contributed by atoms with E-state index in [4.69, 9.17) is 13.9 Å². The molecule has 0 saturated heterocycles. The molecule has 1 heterocycles. The van der Waals surface area contributed by atoms with Crippen LogP contribution in [0.1, 0.15) is 35.5 Å². The summed E-state index contributed by atoms with van der Waals surface area (Å²) in [5, 5.41) is 3.93. The lowest BCUT2D eigenvalue weighted by Gasteiger charge is -2.18. The van der Waals surface area contributed by atoms with Gasteiger partial charge in [0.25, 0.3) is 5.91 Å². The van der Waals surface area contributed by atoms with Crippen molar-refractivity contribution in [3.05, 3.63) is 59.9 Å². The van der Waals surface area contributed by atoms with Crippen molar-refractivity contribution in [2.24, 2.45) is 0 Å². The largest absolute Gasteiger partial charge is 0.493 e. The number of hydrogen-bond donors (Lipinski definition) is 1. The molecule has 0 bridgehead atoms. The number of benzene rings is 2. The molecule has 0 aliphatic rings. The van der Waals surface area contributed by atoms with E-state index in [0.29, 0.717) is 22.8 Å². The van der Waals surface area contributed by atoms with Gasteiger partial charge in [-0.1, -0.05) is 31.2 Å². The molecule has 0 radical (unpaired) electrons. The molecule has 0 fully saturated rings. The van der Waals surface area contributed by atoms with E-state index in [0.717, 1.165) is 17.4 Å². The van der Waals surface area contributed by atoms with E-state index >= 15 is 0 Å². The van der Waals surface area contributed by atoms with E-state index in [1.54, 1.807) is 20.3 Å². The van der Waals surface area contributed by atoms with Crippen molar-refractivity contribution in [3.63, 3.8) is 0 Å². The molecule has 1 aromatic heterocycles. The number of nitrogens with one attached hydrogen (secondary N) is 1. The predicted octanol–water partition coefficient (Wildman–Crippen LogP) is 4.33. The fraction of sp³-hybridized carbons (Fsp3) is 0.250. The highest BCUT2D eigenvalue weighted by atomic mass is 16.5. The Kier molecular flexibility index (Phi) is 4.93. The van der Waals surface area contributed by atoms with Gasteiger partial charge >= 0.3 is 0 Å². The first kappa shape index (κ1) is 16.9. The Bertz CT molecular complexity index is 851. The summed E-state index contributed by atoms with van der Waals surface area (Å²) in [4.78, 5) is 12.6. The lowest BCUT2D eigenvalue weighted by Crippen LogP contribution is -2.27.